The van der Waals surface area contributed by atoms with Gasteiger partial charge < -0.3 is 0 Å². The molecule has 0 heteroatoms. The number of hydrogen-bond acceptors (Lipinski definition) is 0. The van der Waals surface area contributed by atoms with Crippen molar-refractivity contribution in [2.24, 2.45) is 17.8 Å². The fourth-order valence-corrected chi connectivity index (χ4v) is 4.27. The Morgan fingerprint density at radius 3 is 0.455 bits per heavy atom. The minimum Gasteiger partial charge on any atom is -0.0776 e. The maximum absolute atomic E-state index is 2.34. The summed E-state index contributed by atoms with van der Waals surface area (Å²) in [5.41, 5.74) is 0. The van der Waals surface area contributed by atoms with Gasteiger partial charge in [-0.1, -0.05) is 200 Å². The van der Waals surface area contributed by atoms with Crippen molar-refractivity contribution in [1.82, 2.24) is 0 Å². The largest absolute Gasteiger partial charge is 0.0776 e. The summed E-state index contributed by atoms with van der Waals surface area (Å²) in [5.74, 6) is 3.14. The first-order valence-corrected chi connectivity index (χ1v) is 15.2. The molecule has 4 aliphatic carbocycles. The van der Waals surface area contributed by atoms with E-state index < -0.39 is 0 Å². The van der Waals surface area contributed by atoms with Crippen LogP contribution in [0.3, 0.4) is 0 Å². The van der Waals surface area contributed by atoms with Crippen molar-refractivity contribution in [3.8, 4) is 0 Å². The molecule has 0 radical (unpaired) electrons. The average molecular weight is 475 g/mol. The van der Waals surface area contributed by atoms with Crippen LogP contribution in [0.1, 0.15) is 200 Å². The van der Waals surface area contributed by atoms with Gasteiger partial charge in [-0.3, -0.25) is 0 Å². The zero-order valence-electron chi connectivity index (χ0n) is 24.8. The van der Waals surface area contributed by atoms with Crippen molar-refractivity contribution in [1.29, 1.82) is 0 Å². The third-order valence-corrected chi connectivity index (χ3v) is 6.18. The quantitative estimate of drug-likeness (QED) is 0.327. The standard InChI is InChI=1S/3C6H12.C5H10.4C2H6.2CH4/c3*1-6-4-2-3-5-6;1-2-4-5-3-1;4*1-2;;/h3*6H,2-5H2,1H3;1-5H2;4*1-2H3;2*1H4. The molecule has 4 aliphatic rings. The van der Waals surface area contributed by atoms with Gasteiger partial charge in [0, 0.05) is 0 Å². The maximum atomic E-state index is 2.34. The number of rotatable bonds is 0. The molecule has 0 spiro atoms. The molecule has 0 unspecified atom stereocenters. The highest BCUT2D eigenvalue weighted by Gasteiger charge is 2.08. The maximum Gasteiger partial charge on any atom is -0.0443 e. The molecule has 0 amide bonds. The molecule has 0 nitrogen and oxygen atoms in total. The summed E-state index contributed by atoms with van der Waals surface area (Å²) in [6, 6.07) is 0. The lowest BCUT2D eigenvalue weighted by Gasteiger charge is -1.91. The Morgan fingerprint density at radius 1 is 0.273 bits per heavy atom. The van der Waals surface area contributed by atoms with Crippen molar-refractivity contribution < 1.29 is 0 Å². The summed E-state index contributed by atoms with van der Waals surface area (Å²) in [5, 5.41) is 0. The van der Waals surface area contributed by atoms with E-state index in [0.29, 0.717) is 0 Å². The monoisotopic (exact) mass is 475 g/mol. The Balaban J connectivity index is -0.0000000658. The summed E-state index contributed by atoms with van der Waals surface area (Å²) in [6.45, 7) is 23.0. The first kappa shape index (κ1) is 46.4. The predicted octanol–water partition coefficient (Wildman–Crippen LogP) is 13.9. The highest BCUT2D eigenvalue weighted by atomic mass is 14.1. The van der Waals surface area contributed by atoms with E-state index in [1.807, 2.05) is 55.4 Å². The van der Waals surface area contributed by atoms with Gasteiger partial charge in [-0.15, -0.1) is 0 Å². The van der Waals surface area contributed by atoms with E-state index in [1.54, 1.807) is 0 Å². The second-order valence-electron chi connectivity index (χ2n) is 8.94. The van der Waals surface area contributed by atoms with E-state index in [9.17, 15) is 0 Å². The van der Waals surface area contributed by atoms with E-state index in [4.69, 9.17) is 0 Å². The van der Waals surface area contributed by atoms with Crippen molar-refractivity contribution in [2.45, 2.75) is 200 Å². The molecule has 0 aromatic carbocycles. The van der Waals surface area contributed by atoms with Crippen LogP contribution in [0.5, 0.6) is 0 Å². The van der Waals surface area contributed by atoms with Gasteiger partial charge in [0.05, 0.1) is 0 Å². The molecule has 0 aromatic rings. The zero-order valence-corrected chi connectivity index (χ0v) is 24.8. The smallest absolute Gasteiger partial charge is 0.0443 e. The molecule has 0 saturated heterocycles. The molecule has 0 N–H and O–H groups in total. The van der Waals surface area contributed by atoms with Crippen LogP contribution in [0, 0.1) is 17.8 Å². The lowest BCUT2D eigenvalue weighted by atomic mass is 10.2. The molecule has 0 bridgehead atoms. The minimum atomic E-state index is 0. The third-order valence-electron chi connectivity index (χ3n) is 6.18. The molecule has 0 heterocycles. The Labute approximate surface area is 217 Å². The second kappa shape index (κ2) is 45.5. The Hall–Kier alpha value is 0. The average Bonchev–Trinajstić information content (AvgIpc) is 3.65. The lowest BCUT2D eigenvalue weighted by molar-refractivity contribution is 0.612. The fraction of sp³-hybridized carbons (Fsp3) is 1.00. The molecule has 210 valence electrons. The molecule has 4 fully saturated rings. The first-order valence-electron chi connectivity index (χ1n) is 15.2. The fourth-order valence-electron chi connectivity index (χ4n) is 4.27. The molecule has 4 saturated carbocycles. The Morgan fingerprint density at radius 2 is 0.394 bits per heavy atom. The summed E-state index contributed by atoms with van der Waals surface area (Å²) in [7, 11) is 0. The van der Waals surface area contributed by atoms with E-state index in [2.05, 4.69) is 20.8 Å². The van der Waals surface area contributed by atoms with Gasteiger partial charge in [-0.25, -0.2) is 0 Å². The highest BCUT2D eigenvalue weighted by molar-refractivity contribution is 4.61. The first-order chi connectivity index (χ1) is 15.2. The molecule has 0 aliphatic heterocycles. The van der Waals surface area contributed by atoms with Gasteiger partial charge in [0.1, 0.15) is 0 Å². The second-order valence-corrected chi connectivity index (χ2v) is 8.94. The summed E-state index contributed by atoms with van der Waals surface area (Å²) in [4.78, 5) is 0. The van der Waals surface area contributed by atoms with Gasteiger partial charge in [0.15, 0.2) is 0 Å². The van der Waals surface area contributed by atoms with Gasteiger partial charge in [0.2, 0.25) is 0 Å². The van der Waals surface area contributed by atoms with Gasteiger partial charge >= 0.3 is 0 Å². The van der Waals surface area contributed by atoms with Crippen LogP contribution in [0.4, 0.5) is 0 Å². The van der Waals surface area contributed by atoms with Crippen molar-refractivity contribution in [3.05, 3.63) is 0 Å². The summed E-state index contributed by atoms with van der Waals surface area (Å²) in [6.07, 6.45) is 25.3. The van der Waals surface area contributed by atoms with Crippen LogP contribution < -0.4 is 0 Å². The lowest BCUT2D eigenvalue weighted by Crippen LogP contribution is -1.78. The van der Waals surface area contributed by atoms with E-state index in [1.165, 1.54) is 109 Å². The third kappa shape index (κ3) is 42.6. The van der Waals surface area contributed by atoms with Gasteiger partial charge in [-0.2, -0.15) is 0 Å². The summed E-state index contributed by atoms with van der Waals surface area (Å²) < 4.78 is 0. The van der Waals surface area contributed by atoms with Crippen LogP contribution in [0.2, 0.25) is 0 Å². The minimum absolute atomic E-state index is 0. The molecule has 4 rings (SSSR count). The van der Waals surface area contributed by atoms with Crippen LogP contribution in [0.25, 0.3) is 0 Å². The normalized spacial score (nSPS) is 18.3. The number of hydrogen-bond donors (Lipinski definition) is 0. The molecule has 33 heavy (non-hydrogen) atoms. The van der Waals surface area contributed by atoms with Crippen LogP contribution in [-0.2, 0) is 0 Å². The summed E-state index contributed by atoms with van der Waals surface area (Å²) >= 11 is 0. The van der Waals surface area contributed by atoms with Crippen LogP contribution in [-0.4, -0.2) is 0 Å². The SMILES string of the molecule is C.C.C1CCCC1.CC.CC.CC.CC.CC1CCCC1.CC1CCCC1.CC1CCCC1. The van der Waals surface area contributed by atoms with E-state index in [-0.39, 0.29) is 14.9 Å². The van der Waals surface area contributed by atoms with E-state index in [0.717, 1.165) is 17.8 Å². The van der Waals surface area contributed by atoms with Crippen molar-refractivity contribution in [2.75, 3.05) is 0 Å². The van der Waals surface area contributed by atoms with Crippen LogP contribution >= 0.6 is 0 Å². The molecule has 0 atom stereocenters. The molecule has 0 aromatic heterocycles. The predicted molar refractivity (Wildman–Crippen MR) is 165 cm³/mol. The molecular weight excluding hydrogens is 396 g/mol. The Kier molecular flexibility index (Phi) is 63.9. The highest BCUT2D eigenvalue weighted by Crippen LogP contribution is 2.24. The van der Waals surface area contributed by atoms with Gasteiger partial charge in [0.25, 0.3) is 0 Å². The van der Waals surface area contributed by atoms with Crippen LogP contribution in [0.15, 0.2) is 0 Å². The zero-order chi connectivity index (χ0) is 24.8. The topological polar surface area (TPSA) is 0 Å². The van der Waals surface area contributed by atoms with Gasteiger partial charge in [-0.05, 0) is 17.8 Å². The van der Waals surface area contributed by atoms with Crippen molar-refractivity contribution >= 4 is 0 Å². The molecular formula is C33H78. The Bertz CT molecular complexity index is 182. The van der Waals surface area contributed by atoms with Crippen molar-refractivity contribution in [3.63, 3.8) is 0 Å². The van der Waals surface area contributed by atoms with E-state index >= 15 is 0 Å².